The second-order valence-corrected chi connectivity index (χ2v) is 7.07. The van der Waals surface area contributed by atoms with E-state index >= 15 is 0 Å². The summed E-state index contributed by atoms with van der Waals surface area (Å²) < 4.78 is 39.4. The van der Waals surface area contributed by atoms with Crippen molar-refractivity contribution in [3.05, 3.63) is 23.8 Å². The molecule has 1 heterocycles. The first-order valence-electron chi connectivity index (χ1n) is 6.65. The molecule has 0 spiro atoms. The second kappa shape index (κ2) is 5.26. The van der Waals surface area contributed by atoms with Gasteiger partial charge in [0.2, 0.25) is 6.29 Å². The van der Waals surface area contributed by atoms with Gasteiger partial charge >= 0.3 is 10.1 Å². The predicted molar refractivity (Wildman–Crippen MR) is 75.6 cm³/mol. The van der Waals surface area contributed by atoms with E-state index in [0.717, 1.165) is 5.56 Å². The fourth-order valence-corrected chi connectivity index (χ4v) is 2.67. The summed E-state index contributed by atoms with van der Waals surface area (Å²) in [4.78, 5) is 0. The van der Waals surface area contributed by atoms with Gasteiger partial charge in [-0.2, -0.15) is 8.42 Å². The zero-order valence-electron chi connectivity index (χ0n) is 12.2. The van der Waals surface area contributed by atoms with Gasteiger partial charge in [0.1, 0.15) is 11.5 Å². The molecular formula is C14H20O5S. The molecule has 1 aliphatic heterocycles. The van der Waals surface area contributed by atoms with Crippen LogP contribution in [0.25, 0.3) is 0 Å². The molecule has 6 heteroatoms. The van der Waals surface area contributed by atoms with E-state index in [9.17, 15) is 8.42 Å². The van der Waals surface area contributed by atoms with Crippen molar-refractivity contribution in [1.82, 2.24) is 0 Å². The van der Waals surface area contributed by atoms with Crippen molar-refractivity contribution in [1.29, 1.82) is 0 Å². The van der Waals surface area contributed by atoms with Crippen LogP contribution in [0.5, 0.6) is 11.5 Å². The molecule has 0 bridgehead atoms. The van der Waals surface area contributed by atoms with Crippen LogP contribution >= 0.6 is 0 Å². The Kier molecular flexibility index (Phi) is 3.97. The molecule has 0 saturated carbocycles. The molecule has 112 valence electrons. The van der Waals surface area contributed by atoms with Crippen molar-refractivity contribution < 1.29 is 22.1 Å². The zero-order chi connectivity index (χ0) is 15.0. The molecule has 1 aromatic rings. The molecule has 0 saturated heterocycles. The summed E-state index contributed by atoms with van der Waals surface area (Å²) in [5.74, 6) is 0.945. The molecule has 0 N–H and O–H groups in total. The maximum absolute atomic E-state index is 11.5. The van der Waals surface area contributed by atoms with Crippen LogP contribution in [0.1, 0.15) is 33.3 Å². The van der Waals surface area contributed by atoms with E-state index in [4.69, 9.17) is 13.7 Å². The standard InChI is InChI=1S/C14H20O5S/c1-5-17-13-14(3,4)11-9-10(7-8-12(11)18-13)19-20(15,16)6-2/h7-9,13H,5-6H2,1-4H3. The van der Waals surface area contributed by atoms with Crippen LogP contribution in [0.2, 0.25) is 0 Å². The van der Waals surface area contributed by atoms with Gasteiger partial charge in [0, 0.05) is 12.2 Å². The Hall–Kier alpha value is -1.27. The first-order valence-corrected chi connectivity index (χ1v) is 8.23. The lowest BCUT2D eigenvalue weighted by Crippen LogP contribution is -2.34. The minimum absolute atomic E-state index is 0.0639. The summed E-state index contributed by atoms with van der Waals surface area (Å²) in [7, 11) is -3.52. The van der Waals surface area contributed by atoms with Crippen LogP contribution in [0.15, 0.2) is 18.2 Å². The third kappa shape index (κ3) is 2.76. The SMILES string of the molecule is CCOC1Oc2ccc(OS(=O)(=O)CC)cc2C1(C)C. The van der Waals surface area contributed by atoms with E-state index in [-0.39, 0.29) is 17.5 Å². The van der Waals surface area contributed by atoms with Gasteiger partial charge in [0.05, 0.1) is 11.2 Å². The number of ether oxygens (including phenoxy) is 2. The molecule has 1 aromatic carbocycles. The Labute approximate surface area is 120 Å². The van der Waals surface area contributed by atoms with Gasteiger partial charge in [-0.05, 0) is 45.9 Å². The number of rotatable bonds is 5. The third-order valence-corrected chi connectivity index (χ3v) is 4.52. The molecule has 0 fully saturated rings. The molecule has 2 rings (SSSR count). The molecule has 0 radical (unpaired) electrons. The smallest absolute Gasteiger partial charge is 0.308 e. The minimum atomic E-state index is -3.52. The first-order chi connectivity index (χ1) is 9.30. The number of hydrogen-bond donors (Lipinski definition) is 0. The summed E-state index contributed by atoms with van der Waals surface area (Å²) in [6.45, 7) is 8.00. The maximum Gasteiger partial charge on any atom is 0.308 e. The molecule has 20 heavy (non-hydrogen) atoms. The van der Waals surface area contributed by atoms with Crippen LogP contribution in [-0.2, 0) is 20.3 Å². The van der Waals surface area contributed by atoms with Gasteiger partial charge < -0.3 is 13.7 Å². The van der Waals surface area contributed by atoms with Crippen molar-refractivity contribution in [3.8, 4) is 11.5 Å². The lowest BCUT2D eigenvalue weighted by Gasteiger charge is -2.25. The normalized spacial score (nSPS) is 20.3. The first kappa shape index (κ1) is 15.1. The second-order valence-electron chi connectivity index (χ2n) is 5.21. The average Bonchev–Trinajstić information content (AvgIpc) is 2.62. The van der Waals surface area contributed by atoms with Gasteiger partial charge in [-0.15, -0.1) is 0 Å². The van der Waals surface area contributed by atoms with Crippen molar-refractivity contribution in [2.24, 2.45) is 0 Å². The molecule has 5 nitrogen and oxygen atoms in total. The Morgan fingerprint density at radius 1 is 1.30 bits per heavy atom. The lowest BCUT2D eigenvalue weighted by atomic mass is 9.85. The van der Waals surface area contributed by atoms with E-state index in [1.54, 1.807) is 25.1 Å². The van der Waals surface area contributed by atoms with Crippen LogP contribution in [0.4, 0.5) is 0 Å². The summed E-state index contributed by atoms with van der Waals surface area (Å²) in [6, 6.07) is 5.02. The average molecular weight is 300 g/mol. The monoisotopic (exact) mass is 300 g/mol. The number of benzene rings is 1. The molecular weight excluding hydrogens is 280 g/mol. The Balaban J connectivity index is 2.32. The fraction of sp³-hybridized carbons (Fsp3) is 0.571. The minimum Gasteiger partial charge on any atom is -0.464 e. The summed E-state index contributed by atoms with van der Waals surface area (Å²) in [5, 5.41) is 0. The predicted octanol–water partition coefficient (Wildman–Crippen LogP) is 2.45. The fourth-order valence-electron chi connectivity index (χ4n) is 2.16. The Morgan fingerprint density at radius 3 is 2.60 bits per heavy atom. The van der Waals surface area contributed by atoms with Crippen LogP contribution in [-0.4, -0.2) is 27.1 Å². The Bertz CT molecular complexity index is 592. The largest absolute Gasteiger partial charge is 0.464 e. The highest BCUT2D eigenvalue weighted by atomic mass is 32.2. The van der Waals surface area contributed by atoms with Gasteiger partial charge in [-0.1, -0.05) is 0 Å². The van der Waals surface area contributed by atoms with Gasteiger partial charge in [-0.25, -0.2) is 0 Å². The van der Waals surface area contributed by atoms with Crippen LogP contribution < -0.4 is 8.92 Å². The van der Waals surface area contributed by atoms with Crippen LogP contribution in [0, 0.1) is 0 Å². The summed E-state index contributed by atoms with van der Waals surface area (Å²) >= 11 is 0. The molecule has 1 aliphatic rings. The molecule has 1 atom stereocenters. The van der Waals surface area contributed by atoms with Crippen molar-refractivity contribution >= 4 is 10.1 Å². The topological polar surface area (TPSA) is 61.8 Å². The van der Waals surface area contributed by atoms with Crippen molar-refractivity contribution in [2.45, 2.75) is 39.4 Å². The van der Waals surface area contributed by atoms with Crippen LogP contribution in [0.3, 0.4) is 0 Å². The molecule has 0 amide bonds. The number of fused-ring (bicyclic) bond motifs is 1. The van der Waals surface area contributed by atoms with Crippen molar-refractivity contribution in [3.63, 3.8) is 0 Å². The van der Waals surface area contributed by atoms with Crippen molar-refractivity contribution in [2.75, 3.05) is 12.4 Å². The quantitative estimate of drug-likeness (QED) is 0.782. The number of hydrogen-bond acceptors (Lipinski definition) is 5. The van der Waals surface area contributed by atoms with E-state index in [1.807, 2.05) is 20.8 Å². The van der Waals surface area contributed by atoms with Gasteiger partial charge in [-0.3, -0.25) is 0 Å². The summed E-state index contributed by atoms with van der Waals surface area (Å²) in [6.07, 6.45) is -0.375. The molecule has 1 unspecified atom stereocenters. The highest BCUT2D eigenvalue weighted by Gasteiger charge is 2.42. The third-order valence-electron chi connectivity index (χ3n) is 3.36. The molecule has 0 aromatic heterocycles. The highest BCUT2D eigenvalue weighted by molar-refractivity contribution is 7.87. The van der Waals surface area contributed by atoms with Gasteiger partial charge in [0.25, 0.3) is 0 Å². The van der Waals surface area contributed by atoms with E-state index in [0.29, 0.717) is 18.1 Å². The van der Waals surface area contributed by atoms with E-state index < -0.39 is 10.1 Å². The molecule has 0 aliphatic carbocycles. The summed E-state index contributed by atoms with van der Waals surface area (Å²) in [5.41, 5.74) is 0.528. The lowest BCUT2D eigenvalue weighted by molar-refractivity contribution is -0.0981. The maximum atomic E-state index is 11.5. The highest BCUT2D eigenvalue weighted by Crippen LogP contribution is 2.44. The zero-order valence-corrected chi connectivity index (χ0v) is 13.0. The van der Waals surface area contributed by atoms with E-state index in [1.165, 1.54) is 0 Å². The van der Waals surface area contributed by atoms with E-state index in [2.05, 4.69) is 0 Å². The van der Waals surface area contributed by atoms with Gasteiger partial charge in [0.15, 0.2) is 0 Å². The Morgan fingerprint density at radius 2 is 2.00 bits per heavy atom.